The number of hydrogen-bond donors (Lipinski definition) is 0. The van der Waals surface area contributed by atoms with Gasteiger partial charge in [-0.25, -0.2) is 12.8 Å². The molecule has 0 saturated carbocycles. The zero-order valence-corrected chi connectivity index (χ0v) is 18.1. The quantitative estimate of drug-likeness (QED) is 0.723. The van der Waals surface area contributed by atoms with Gasteiger partial charge in [-0.3, -0.25) is 4.90 Å². The largest absolute Gasteiger partial charge is 0.467 e. The molecule has 4 rings (SSSR count). The molecule has 2 aliphatic rings. The van der Waals surface area contributed by atoms with Crippen LogP contribution < -0.4 is 4.74 Å². The van der Waals surface area contributed by atoms with Gasteiger partial charge in [-0.1, -0.05) is 26.0 Å². The van der Waals surface area contributed by atoms with Crippen molar-refractivity contribution < 1.29 is 22.3 Å². The minimum atomic E-state index is -3.52. The zero-order chi connectivity index (χ0) is 21.3. The standard InChI is InChI=1S/C22H27FN2O4S/c1-16(2)17-3-5-21(6-4-17)30(26,27)25-9-7-24(8-10-25)13-18-11-20(23)12-19-14-28-15-29-22(18)19/h3-6,11-12,16H,7-10,13-15H2,1-2H3. The van der Waals surface area contributed by atoms with E-state index in [0.29, 0.717) is 61.5 Å². The van der Waals surface area contributed by atoms with Crippen LogP contribution in [0.5, 0.6) is 5.75 Å². The summed E-state index contributed by atoms with van der Waals surface area (Å²) in [7, 11) is -3.52. The molecule has 2 aromatic rings. The molecule has 0 aromatic heterocycles. The molecule has 2 aliphatic heterocycles. The molecule has 0 unspecified atom stereocenters. The van der Waals surface area contributed by atoms with Crippen molar-refractivity contribution in [3.8, 4) is 5.75 Å². The van der Waals surface area contributed by atoms with Gasteiger partial charge in [-0.05, 0) is 35.7 Å². The van der Waals surface area contributed by atoms with E-state index in [1.165, 1.54) is 16.4 Å². The average molecular weight is 435 g/mol. The van der Waals surface area contributed by atoms with E-state index in [9.17, 15) is 12.8 Å². The van der Waals surface area contributed by atoms with Gasteiger partial charge in [-0.2, -0.15) is 4.31 Å². The lowest BCUT2D eigenvalue weighted by atomic mass is 10.0. The van der Waals surface area contributed by atoms with Crippen LogP contribution >= 0.6 is 0 Å². The van der Waals surface area contributed by atoms with Crippen molar-refractivity contribution in [2.24, 2.45) is 0 Å². The van der Waals surface area contributed by atoms with Gasteiger partial charge in [0, 0.05) is 43.9 Å². The lowest BCUT2D eigenvalue weighted by Gasteiger charge is -2.34. The maximum Gasteiger partial charge on any atom is 0.243 e. The second-order valence-electron chi connectivity index (χ2n) is 8.07. The summed E-state index contributed by atoms with van der Waals surface area (Å²) in [6.07, 6.45) is 0. The maximum atomic E-state index is 14.0. The number of sulfonamides is 1. The van der Waals surface area contributed by atoms with Crippen molar-refractivity contribution in [2.45, 2.75) is 37.8 Å². The molecule has 0 atom stereocenters. The highest BCUT2D eigenvalue weighted by atomic mass is 32.2. The Labute approximate surface area is 177 Å². The molecule has 1 saturated heterocycles. The highest BCUT2D eigenvalue weighted by Crippen LogP contribution is 2.31. The summed E-state index contributed by atoms with van der Waals surface area (Å²) in [6.45, 7) is 7.11. The molecule has 30 heavy (non-hydrogen) atoms. The van der Waals surface area contributed by atoms with Crippen molar-refractivity contribution in [2.75, 3.05) is 33.0 Å². The minimum Gasteiger partial charge on any atom is -0.467 e. The molecule has 0 bridgehead atoms. The van der Waals surface area contributed by atoms with E-state index in [2.05, 4.69) is 18.7 Å². The highest BCUT2D eigenvalue weighted by molar-refractivity contribution is 7.89. The third-order valence-electron chi connectivity index (χ3n) is 5.66. The SMILES string of the molecule is CC(C)c1ccc(S(=O)(=O)N2CCN(Cc3cc(F)cc4c3OCOC4)CC2)cc1. The third kappa shape index (κ3) is 4.37. The third-order valence-corrected chi connectivity index (χ3v) is 7.57. The second kappa shape index (κ2) is 8.63. The highest BCUT2D eigenvalue weighted by Gasteiger charge is 2.29. The van der Waals surface area contributed by atoms with Crippen LogP contribution in [-0.2, 0) is 27.9 Å². The Bertz CT molecular complexity index is 1000. The second-order valence-corrected chi connectivity index (χ2v) is 10.0. The van der Waals surface area contributed by atoms with Gasteiger partial charge >= 0.3 is 0 Å². The monoisotopic (exact) mass is 434 g/mol. The van der Waals surface area contributed by atoms with Gasteiger partial charge in [0.25, 0.3) is 0 Å². The number of fused-ring (bicyclic) bond motifs is 1. The fourth-order valence-electron chi connectivity index (χ4n) is 3.92. The Kier molecular flexibility index (Phi) is 6.11. The lowest BCUT2D eigenvalue weighted by molar-refractivity contribution is -0.0178. The molecule has 2 aromatic carbocycles. The fourth-order valence-corrected chi connectivity index (χ4v) is 5.34. The van der Waals surface area contributed by atoms with Gasteiger partial charge in [0.15, 0.2) is 6.79 Å². The van der Waals surface area contributed by atoms with E-state index >= 15 is 0 Å². The van der Waals surface area contributed by atoms with Gasteiger partial charge in [0.1, 0.15) is 11.6 Å². The van der Waals surface area contributed by atoms with Crippen LogP contribution in [0.3, 0.4) is 0 Å². The molecule has 0 spiro atoms. The van der Waals surface area contributed by atoms with Crippen LogP contribution in [0.25, 0.3) is 0 Å². The Morgan fingerprint density at radius 2 is 1.77 bits per heavy atom. The predicted octanol–water partition coefficient (Wildman–Crippen LogP) is 3.32. The van der Waals surface area contributed by atoms with E-state index in [0.717, 1.165) is 11.1 Å². The van der Waals surface area contributed by atoms with Crippen LogP contribution in [0.1, 0.15) is 36.5 Å². The lowest BCUT2D eigenvalue weighted by Crippen LogP contribution is -2.48. The summed E-state index contributed by atoms with van der Waals surface area (Å²) < 4.78 is 52.3. The van der Waals surface area contributed by atoms with Gasteiger partial charge < -0.3 is 9.47 Å². The van der Waals surface area contributed by atoms with E-state index in [-0.39, 0.29) is 12.6 Å². The summed E-state index contributed by atoms with van der Waals surface area (Å²) >= 11 is 0. The van der Waals surface area contributed by atoms with Crippen LogP contribution in [0, 0.1) is 5.82 Å². The molecule has 6 nitrogen and oxygen atoms in total. The van der Waals surface area contributed by atoms with Crippen LogP contribution in [0.15, 0.2) is 41.3 Å². The maximum absolute atomic E-state index is 14.0. The summed E-state index contributed by atoms with van der Waals surface area (Å²) in [5, 5.41) is 0. The zero-order valence-electron chi connectivity index (χ0n) is 17.3. The Morgan fingerprint density at radius 1 is 1.07 bits per heavy atom. The van der Waals surface area contributed by atoms with Crippen molar-refractivity contribution in [1.29, 1.82) is 0 Å². The minimum absolute atomic E-state index is 0.160. The Balaban J connectivity index is 1.42. The topological polar surface area (TPSA) is 59.1 Å². The normalized spacial score (nSPS) is 18.3. The molecular formula is C22H27FN2O4S. The van der Waals surface area contributed by atoms with E-state index in [4.69, 9.17) is 9.47 Å². The van der Waals surface area contributed by atoms with Crippen molar-refractivity contribution in [1.82, 2.24) is 9.21 Å². The summed E-state index contributed by atoms with van der Waals surface area (Å²) in [6, 6.07) is 10.1. The number of halogens is 1. The molecule has 0 N–H and O–H groups in total. The van der Waals surface area contributed by atoms with Crippen molar-refractivity contribution >= 4 is 10.0 Å². The molecule has 2 heterocycles. The fraction of sp³-hybridized carbons (Fsp3) is 0.455. The first kappa shape index (κ1) is 21.2. The number of piperazine rings is 1. The Morgan fingerprint density at radius 3 is 2.43 bits per heavy atom. The summed E-state index contributed by atoms with van der Waals surface area (Å²) in [5.41, 5.74) is 2.60. The van der Waals surface area contributed by atoms with Crippen molar-refractivity contribution in [3.63, 3.8) is 0 Å². The number of benzene rings is 2. The van der Waals surface area contributed by atoms with Gasteiger partial charge in [0.05, 0.1) is 11.5 Å². The van der Waals surface area contributed by atoms with E-state index in [1.807, 2.05) is 12.1 Å². The molecule has 1 fully saturated rings. The number of nitrogens with zero attached hydrogens (tertiary/aromatic N) is 2. The van der Waals surface area contributed by atoms with Crippen LogP contribution in [-0.4, -0.2) is 50.6 Å². The number of ether oxygens (including phenoxy) is 2. The smallest absolute Gasteiger partial charge is 0.243 e. The molecule has 0 amide bonds. The van der Waals surface area contributed by atoms with Crippen LogP contribution in [0.2, 0.25) is 0 Å². The first-order chi connectivity index (χ1) is 14.3. The average Bonchev–Trinajstić information content (AvgIpc) is 2.74. The van der Waals surface area contributed by atoms with E-state index in [1.54, 1.807) is 12.1 Å². The number of hydrogen-bond acceptors (Lipinski definition) is 5. The first-order valence-corrected chi connectivity index (χ1v) is 11.6. The van der Waals surface area contributed by atoms with Gasteiger partial charge in [0.2, 0.25) is 10.0 Å². The first-order valence-electron chi connectivity index (χ1n) is 10.2. The molecule has 8 heteroatoms. The van der Waals surface area contributed by atoms with Crippen LogP contribution in [0.4, 0.5) is 4.39 Å². The Hall–Kier alpha value is -2.00. The summed E-state index contributed by atoms with van der Waals surface area (Å²) in [5.74, 6) is 0.723. The van der Waals surface area contributed by atoms with E-state index < -0.39 is 10.0 Å². The molecular weight excluding hydrogens is 407 g/mol. The van der Waals surface area contributed by atoms with Crippen molar-refractivity contribution in [3.05, 3.63) is 58.9 Å². The summed E-state index contributed by atoms with van der Waals surface area (Å²) in [4.78, 5) is 2.45. The van der Waals surface area contributed by atoms with Gasteiger partial charge in [-0.15, -0.1) is 0 Å². The number of rotatable bonds is 5. The molecule has 162 valence electrons. The predicted molar refractivity (Wildman–Crippen MR) is 111 cm³/mol. The molecule has 0 aliphatic carbocycles. The molecule has 0 radical (unpaired) electrons.